The number of aliphatic hydroxyl groups excluding tert-OH is 1. The van der Waals surface area contributed by atoms with Crippen LogP contribution in [0.15, 0.2) is 0 Å². The highest BCUT2D eigenvalue weighted by atomic mass is 16.7. The zero-order chi connectivity index (χ0) is 24.2. The van der Waals surface area contributed by atoms with E-state index in [1.807, 2.05) is 6.92 Å². The van der Waals surface area contributed by atoms with Crippen LogP contribution in [0.3, 0.4) is 0 Å². The molecule has 4 spiro atoms. The third-order valence-electron chi connectivity index (χ3n) is 14.3. The Morgan fingerprint density at radius 2 is 1.56 bits per heavy atom. The first-order valence-electron chi connectivity index (χ1n) is 14.4. The van der Waals surface area contributed by atoms with Crippen molar-refractivity contribution in [3.05, 3.63) is 0 Å². The van der Waals surface area contributed by atoms with Crippen molar-refractivity contribution in [2.45, 2.75) is 130 Å². The minimum atomic E-state index is -0.679. The molecule has 0 unspecified atom stereocenters. The second kappa shape index (κ2) is 6.09. The number of aliphatic hydroxyl groups is 1. The fourth-order valence-corrected chi connectivity index (χ4v) is 12.5. The number of fused-ring (bicyclic) bond motifs is 3. The molecule has 7 aliphatic rings. The van der Waals surface area contributed by atoms with E-state index < -0.39 is 5.79 Å². The molecule has 1 N–H and O–H groups in total. The topological polar surface area (TPSA) is 55.8 Å². The summed E-state index contributed by atoms with van der Waals surface area (Å²) in [7, 11) is 0. The minimum absolute atomic E-state index is 0.0454. The Morgan fingerprint density at radius 1 is 0.853 bits per heavy atom. The highest BCUT2D eigenvalue weighted by Gasteiger charge is 2.84. The van der Waals surface area contributed by atoms with Crippen molar-refractivity contribution >= 4 is 5.97 Å². The van der Waals surface area contributed by atoms with Gasteiger partial charge in [-0.3, -0.25) is 4.79 Å². The number of esters is 1. The molecule has 190 valence electrons. The Labute approximate surface area is 205 Å². The van der Waals surface area contributed by atoms with Gasteiger partial charge >= 0.3 is 5.97 Å². The summed E-state index contributed by atoms with van der Waals surface area (Å²) in [6, 6.07) is 0. The minimum Gasteiger partial charge on any atom is -0.433 e. The number of ether oxygens (including phenoxy) is 2. The van der Waals surface area contributed by atoms with Gasteiger partial charge in [0.15, 0.2) is 0 Å². The van der Waals surface area contributed by atoms with Gasteiger partial charge in [0.25, 0.3) is 0 Å². The molecular formula is C30H46O4. The van der Waals surface area contributed by atoms with Gasteiger partial charge in [0.05, 0.1) is 17.6 Å². The average molecular weight is 471 g/mol. The van der Waals surface area contributed by atoms with Crippen LogP contribution in [0.1, 0.15) is 112 Å². The summed E-state index contributed by atoms with van der Waals surface area (Å²) >= 11 is 0. The van der Waals surface area contributed by atoms with Gasteiger partial charge in [-0.2, -0.15) is 0 Å². The van der Waals surface area contributed by atoms with Crippen LogP contribution in [0.2, 0.25) is 0 Å². The lowest BCUT2D eigenvalue weighted by Crippen LogP contribution is -2.61. The average Bonchev–Trinajstić information content (AvgIpc) is 3.13. The lowest BCUT2D eigenvalue weighted by molar-refractivity contribution is -0.269. The van der Waals surface area contributed by atoms with Gasteiger partial charge in [-0.15, -0.1) is 0 Å². The van der Waals surface area contributed by atoms with Crippen LogP contribution in [-0.2, 0) is 14.3 Å². The smallest absolute Gasteiger partial charge is 0.311 e. The first-order chi connectivity index (χ1) is 15.8. The maximum absolute atomic E-state index is 12.4. The summed E-state index contributed by atoms with van der Waals surface area (Å²) in [6.07, 6.45) is 12.6. The zero-order valence-corrected chi connectivity index (χ0v) is 22.3. The van der Waals surface area contributed by atoms with Gasteiger partial charge in [-0.25, -0.2) is 0 Å². The van der Waals surface area contributed by atoms with E-state index in [9.17, 15) is 9.90 Å². The number of carbonyl (C=O) groups excluding carboxylic acids is 1. The fourth-order valence-electron chi connectivity index (χ4n) is 12.5. The van der Waals surface area contributed by atoms with Crippen LogP contribution in [0.5, 0.6) is 0 Å². The van der Waals surface area contributed by atoms with E-state index >= 15 is 0 Å². The maximum Gasteiger partial charge on any atom is 0.311 e. The van der Waals surface area contributed by atoms with Gasteiger partial charge in [0.1, 0.15) is 0 Å². The van der Waals surface area contributed by atoms with Crippen molar-refractivity contribution in [1.82, 2.24) is 0 Å². The lowest BCUT2D eigenvalue weighted by Gasteiger charge is -2.64. The van der Waals surface area contributed by atoms with E-state index in [0.717, 1.165) is 31.6 Å². The van der Waals surface area contributed by atoms with E-state index in [-0.39, 0.29) is 39.8 Å². The Morgan fingerprint density at radius 3 is 2.26 bits per heavy atom. The standard InChI is InChI=1S/C30H46O4/c1-18-15-29(33-23(18)32)16-19(2)30(34-29)14-11-25(5)21-8-7-20-24(3,4)22(31)9-10-27(20)17-28(21,27)13-12-26(25,30)6/h18-22,31H,7-17H2,1-6H3/t18-,19-,20+,21-,22-,25+,26+,27-,28-,29-,30-/m1/s1. The van der Waals surface area contributed by atoms with E-state index in [0.29, 0.717) is 22.7 Å². The second-order valence-electron chi connectivity index (χ2n) is 15.3. The largest absolute Gasteiger partial charge is 0.433 e. The summed E-state index contributed by atoms with van der Waals surface area (Å²) in [5, 5.41) is 10.9. The molecule has 7 fully saturated rings. The van der Waals surface area contributed by atoms with Crippen molar-refractivity contribution in [3.8, 4) is 0 Å². The van der Waals surface area contributed by atoms with Crippen LogP contribution < -0.4 is 0 Å². The molecule has 2 aliphatic heterocycles. The quantitative estimate of drug-likeness (QED) is 0.426. The van der Waals surface area contributed by atoms with Crippen molar-refractivity contribution in [3.63, 3.8) is 0 Å². The molecule has 5 aliphatic carbocycles. The normalized spacial score (nSPS) is 63.3. The van der Waals surface area contributed by atoms with Gasteiger partial charge in [0, 0.05) is 18.3 Å². The Hall–Kier alpha value is -0.610. The molecule has 34 heavy (non-hydrogen) atoms. The highest BCUT2D eigenvalue weighted by Crippen LogP contribution is 2.90. The SMILES string of the molecule is C[C@@H]1C[C@@]2(C[C@@H](C)[C@@]3(CC[C@@]4(C)[C@H]5CC[C@H]6C(C)(C)[C@H](O)CC[C@@]67C[C@]57CC[C@@]43C)O2)OC1=O. The summed E-state index contributed by atoms with van der Waals surface area (Å²) in [5.74, 6) is 1.05. The second-order valence-corrected chi connectivity index (χ2v) is 15.3. The third kappa shape index (κ3) is 2.14. The monoisotopic (exact) mass is 470 g/mol. The molecule has 2 saturated heterocycles. The van der Waals surface area contributed by atoms with Crippen LogP contribution in [0.4, 0.5) is 0 Å². The first kappa shape index (κ1) is 22.6. The van der Waals surface area contributed by atoms with Crippen molar-refractivity contribution in [1.29, 1.82) is 0 Å². The molecule has 4 nitrogen and oxygen atoms in total. The Balaban J connectivity index is 1.25. The molecule has 0 bridgehead atoms. The van der Waals surface area contributed by atoms with Crippen molar-refractivity contribution < 1.29 is 19.4 Å². The molecule has 4 heteroatoms. The Bertz CT molecular complexity index is 959. The third-order valence-corrected chi connectivity index (χ3v) is 14.3. The summed E-state index contributed by atoms with van der Waals surface area (Å²) < 4.78 is 13.1. The summed E-state index contributed by atoms with van der Waals surface area (Å²) in [6.45, 7) is 14.3. The van der Waals surface area contributed by atoms with E-state index in [2.05, 4.69) is 34.6 Å². The van der Waals surface area contributed by atoms with Crippen LogP contribution >= 0.6 is 0 Å². The molecule has 0 aromatic heterocycles. The maximum atomic E-state index is 12.4. The zero-order valence-electron chi connectivity index (χ0n) is 22.3. The molecule has 7 rings (SSSR count). The number of hydrogen-bond acceptors (Lipinski definition) is 4. The lowest BCUT2D eigenvalue weighted by atomic mass is 9.41. The van der Waals surface area contributed by atoms with Crippen molar-refractivity contribution in [2.24, 2.45) is 50.7 Å². The number of hydrogen-bond donors (Lipinski definition) is 1. The molecular weight excluding hydrogens is 424 g/mol. The Kier molecular flexibility index (Phi) is 4.04. The van der Waals surface area contributed by atoms with Crippen molar-refractivity contribution in [2.75, 3.05) is 0 Å². The fraction of sp³-hybridized carbons (Fsp3) is 0.967. The van der Waals surface area contributed by atoms with Crippen LogP contribution in [-0.4, -0.2) is 28.6 Å². The summed E-state index contributed by atoms with van der Waals surface area (Å²) in [4.78, 5) is 12.4. The van der Waals surface area contributed by atoms with Gasteiger partial charge < -0.3 is 14.6 Å². The van der Waals surface area contributed by atoms with Crippen LogP contribution in [0, 0.1) is 50.7 Å². The first-order valence-corrected chi connectivity index (χ1v) is 14.4. The molecule has 0 aromatic carbocycles. The predicted molar refractivity (Wildman–Crippen MR) is 130 cm³/mol. The molecule has 11 atom stereocenters. The predicted octanol–water partition coefficient (Wildman–Crippen LogP) is 6.24. The molecule has 0 amide bonds. The highest BCUT2D eigenvalue weighted by molar-refractivity contribution is 5.74. The molecule has 0 aromatic rings. The van der Waals surface area contributed by atoms with Gasteiger partial charge in [0.2, 0.25) is 5.79 Å². The molecule has 5 saturated carbocycles. The van der Waals surface area contributed by atoms with E-state index in [1.165, 1.54) is 44.9 Å². The summed E-state index contributed by atoms with van der Waals surface area (Å²) in [5.41, 5.74) is 1.23. The van der Waals surface area contributed by atoms with E-state index in [4.69, 9.17) is 9.47 Å². The van der Waals surface area contributed by atoms with E-state index in [1.54, 1.807) is 0 Å². The number of carbonyl (C=O) groups is 1. The van der Waals surface area contributed by atoms with Crippen LogP contribution in [0.25, 0.3) is 0 Å². The molecule has 0 radical (unpaired) electrons. The van der Waals surface area contributed by atoms with Gasteiger partial charge in [-0.05, 0) is 97.2 Å². The van der Waals surface area contributed by atoms with Gasteiger partial charge in [-0.1, -0.05) is 41.5 Å². The molecule has 2 heterocycles. The number of rotatable bonds is 0.